The predicted octanol–water partition coefficient (Wildman–Crippen LogP) is 2.14. The third-order valence-corrected chi connectivity index (χ3v) is 7.93. The second-order valence-corrected chi connectivity index (χ2v) is 11.4. The quantitative estimate of drug-likeness (QED) is 0.570. The van der Waals surface area contributed by atoms with Gasteiger partial charge in [-0.2, -0.15) is 11.8 Å². The smallest absolute Gasteiger partial charge is 0.321 e. The molecule has 1 aromatic carbocycles. The van der Waals surface area contributed by atoms with Crippen molar-refractivity contribution in [2.24, 2.45) is 5.73 Å². The number of carboxylic acids is 1. The maximum Gasteiger partial charge on any atom is 0.321 e. The Kier molecular flexibility index (Phi) is 6.61. The summed E-state index contributed by atoms with van der Waals surface area (Å²) in [6, 6.07) is 11.2. The van der Waals surface area contributed by atoms with Gasteiger partial charge in [-0.05, 0) is 12.2 Å². The highest BCUT2D eigenvalue weighted by molar-refractivity contribution is 7.99. The Labute approximate surface area is 120 Å². The molecule has 0 radical (unpaired) electrons. The predicted molar refractivity (Wildman–Crippen MR) is 85.9 cm³/mol. The minimum Gasteiger partial charge on any atom is -0.480 e. The van der Waals surface area contributed by atoms with Crippen LogP contribution in [0.25, 0.3) is 0 Å². The fourth-order valence-corrected chi connectivity index (χ4v) is 5.54. The Balaban J connectivity index is 2.27. The monoisotopic (exact) mass is 297 g/mol. The number of aliphatic carboxylic acids is 1. The summed E-state index contributed by atoms with van der Waals surface area (Å²) in [5.74, 6) is 0.582. The van der Waals surface area contributed by atoms with Crippen LogP contribution in [0.15, 0.2) is 30.3 Å². The van der Waals surface area contributed by atoms with E-state index >= 15 is 0 Å². The summed E-state index contributed by atoms with van der Waals surface area (Å²) in [6.07, 6.45) is 1.13. The van der Waals surface area contributed by atoms with E-state index in [2.05, 4.69) is 43.4 Å². The van der Waals surface area contributed by atoms with Gasteiger partial charge < -0.3 is 10.8 Å². The summed E-state index contributed by atoms with van der Waals surface area (Å²) in [6.45, 7) is 4.77. The second kappa shape index (κ2) is 7.72. The Morgan fingerprint density at radius 2 is 2.00 bits per heavy atom. The largest absolute Gasteiger partial charge is 0.480 e. The minimum absolute atomic E-state index is 0.503. The molecule has 0 aromatic heterocycles. The van der Waals surface area contributed by atoms with Crippen LogP contribution in [-0.4, -0.2) is 36.7 Å². The van der Waals surface area contributed by atoms with Crippen LogP contribution in [0, 0.1) is 0 Å². The van der Waals surface area contributed by atoms with Gasteiger partial charge in [0.1, 0.15) is 6.04 Å². The first kappa shape index (κ1) is 16.3. The maximum absolute atomic E-state index is 10.6. The van der Waals surface area contributed by atoms with Gasteiger partial charge >= 0.3 is 5.97 Å². The van der Waals surface area contributed by atoms with E-state index in [1.165, 1.54) is 11.2 Å². The first-order chi connectivity index (χ1) is 8.93. The van der Waals surface area contributed by atoms with Crippen molar-refractivity contribution < 1.29 is 9.90 Å². The van der Waals surface area contributed by atoms with Crippen molar-refractivity contribution in [1.29, 1.82) is 0 Å². The standard InChI is InChI=1S/C14H23NO2SSi/c1-19(2,12-7-4-3-5-8-12)10-6-9-18-11-13(15)14(16)17/h3-5,7-8,13H,6,9-11,15H2,1-2H3,(H,16,17). The molecule has 0 amide bonds. The molecule has 1 atom stereocenters. The van der Waals surface area contributed by atoms with Crippen LogP contribution in [0.2, 0.25) is 19.1 Å². The molecule has 0 aliphatic rings. The molecule has 3 nitrogen and oxygen atoms in total. The fourth-order valence-electron chi connectivity index (χ4n) is 1.93. The van der Waals surface area contributed by atoms with Crippen molar-refractivity contribution in [2.75, 3.05) is 11.5 Å². The van der Waals surface area contributed by atoms with E-state index < -0.39 is 20.1 Å². The number of rotatable bonds is 8. The Morgan fingerprint density at radius 3 is 2.58 bits per heavy atom. The Morgan fingerprint density at radius 1 is 1.37 bits per heavy atom. The molecule has 0 fully saturated rings. The first-order valence-corrected chi connectivity index (χ1v) is 10.9. The number of hydrogen-bond acceptors (Lipinski definition) is 3. The number of benzene rings is 1. The molecule has 1 rings (SSSR count). The lowest BCUT2D eigenvalue weighted by Gasteiger charge is -2.22. The fraction of sp³-hybridized carbons (Fsp3) is 0.500. The normalized spacial score (nSPS) is 13.2. The summed E-state index contributed by atoms with van der Waals surface area (Å²) < 4.78 is 0. The molecule has 0 bridgehead atoms. The van der Waals surface area contributed by atoms with Crippen molar-refractivity contribution >= 4 is 31.0 Å². The summed E-state index contributed by atoms with van der Waals surface area (Å²) in [7, 11) is -1.34. The topological polar surface area (TPSA) is 63.3 Å². The number of nitrogens with two attached hydrogens (primary N) is 1. The highest BCUT2D eigenvalue weighted by Crippen LogP contribution is 2.15. The van der Waals surface area contributed by atoms with Crippen molar-refractivity contribution in [3.05, 3.63) is 30.3 Å². The zero-order valence-corrected chi connectivity index (χ0v) is 13.5. The Hall–Kier alpha value is -0.783. The number of hydrogen-bond donors (Lipinski definition) is 2. The number of carboxylic acid groups (broad SMARTS) is 1. The zero-order valence-electron chi connectivity index (χ0n) is 11.6. The van der Waals surface area contributed by atoms with E-state index in [9.17, 15) is 4.79 Å². The molecule has 19 heavy (non-hydrogen) atoms. The maximum atomic E-state index is 10.6. The van der Waals surface area contributed by atoms with Crippen LogP contribution in [0.5, 0.6) is 0 Å². The average molecular weight is 297 g/mol. The molecule has 0 spiro atoms. The van der Waals surface area contributed by atoms with Crippen molar-refractivity contribution in [3.63, 3.8) is 0 Å². The molecular weight excluding hydrogens is 274 g/mol. The Bertz CT molecular complexity index is 398. The molecule has 1 unspecified atom stereocenters. The van der Waals surface area contributed by atoms with E-state index in [0.29, 0.717) is 5.75 Å². The summed E-state index contributed by atoms with van der Waals surface area (Å²) in [4.78, 5) is 10.6. The molecule has 0 saturated carbocycles. The lowest BCUT2D eigenvalue weighted by Crippen LogP contribution is -2.41. The lowest BCUT2D eigenvalue weighted by atomic mass is 10.4. The summed E-state index contributed by atoms with van der Waals surface area (Å²) in [5, 5.41) is 10.2. The van der Waals surface area contributed by atoms with Crippen LogP contribution in [0.4, 0.5) is 0 Å². The van der Waals surface area contributed by atoms with E-state index in [0.717, 1.165) is 12.2 Å². The van der Waals surface area contributed by atoms with Gasteiger partial charge in [0, 0.05) is 5.75 Å². The minimum atomic E-state index is -1.34. The molecule has 0 heterocycles. The molecule has 1 aromatic rings. The van der Waals surface area contributed by atoms with Gasteiger partial charge in [-0.25, -0.2) is 0 Å². The zero-order chi connectivity index (χ0) is 14.3. The van der Waals surface area contributed by atoms with Gasteiger partial charge in [-0.1, -0.05) is 54.7 Å². The number of thioether (sulfide) groups is 1. The first-order valence-electron chi connectivity index (χ1n) is 6.55. The van der Waals surface area contributed by atoms with Crippen molar-refractivity contribution in [1.82, 2.24) is 0 Å². The third kappa shape index (κ3) is 5.80. The van der Waals surface area contributed by atoms with Gasteiger partial charge in [-0.3, -0.25) is 4.79 Å². The van der Waals surface area contributed by atoms with Gasteiger partial charge in [0.05, 0.1) is 8.07 Å². The molecule has 0 aliphatic heterocycles. The SMILES string of the molecule is C[Si](C)(CCCSCC(N)C(=O)O)c1ccccc1. The summed E-state index contributed by atoms with van der Waals surface area (Å²) in [5.41, 5.74) is 5.46. The van der Waals surface area contributed by atoms with Gasteiger partial charge in [0.25, 0.3) is 0 Å². The number of carbonyl (C=O) groups is 1. The highest BCUT2D eigenvalue weighted by Gasteiger charge is 2.22. The van der Waals surface area contributed by atoms with E-state index in [1.54, 1.807) is 11.8 Å². The van der Waals surface area contributed by atoms with Crippen molar-refractivity contribution in [3.8, 4) is 0 Å². The van der Waals surface area contributed by atoms with Crippen LogP contribution < -0.4 is 10.9 Å². The van der Waals surface area contributed by atoms with Gasteiger partial charge in [-0.15, -0.1) is 0 Å². The van der Waals surface area contributed by atoms with Crippen LogP contribution in [0.1, 0.15) is 6.42 Å². The van der Waals surface area contributed by atoms with Gasteiger partial charge in [0.2, 0.25) is 0 Å². The lowest BCUT2D eigenvalue weighted by molar-refractivity contribution is -0.137. The molecule has 0 saturated heterocycles. The van der Waals surface area contributed by atoms with Crippen molar-refractivity contribution in [2.45, 2.75) is 31.6 Å². The van der Waals surface area contributed by atoms with Crippen LogP contribution in [-0.2, 0) is 4.79 Å². The highest BCUT2D eigenvalue weighted by atomic mass is 32.2. The third-order valence-electron chi connectivity index (χ3n) is 3.26. The van der Waals surface area contributed by atoms with E-state index in [-0.39, 0.29) is 0 Å². The molecule has 106 valence electrons. The molecule has 3 N–H and O–H groups in total. The van der Waals surface area contributed by atoms with E-state index in [4.69, 9.17) is 10.8 Å². The van der Waals surface area contributed by atoms with Gasteiger partial charge in [0.15, 0.2) is 0 Å². The molecular formula is C14H23NO2SSi. The summed E-state index contributed by atoms with van der Waals surface area (Å²) >= 11 is 1.64. The second-order valence-electron chi connectivity index (χ2n) is 5.37. The van der Waals surface area contributed by atoms with E-state index in [1.807, 2.05) is 0 Å². The van der Waals surface area contributed by atoms with Crippen LogP contribution in [0.3, 0.4) is 0 Å². The average Bonchev–Trinajstić information content (AvgIpc) is 2.39. The molecule has 5 heteroatoms. The molecule has 0 aliphatic carbocycles. The van der Waals surface area contributed by atoms with Crippen LogP contribution >= 0.6 is 11.8 Å².